The van der Waals surface area contributed by atoms with Crippen LogP contribution in [-0.4, -0.2) is 29.9 Å². The molecule has 3 aromatic rings. The van der Waals surface area contributed by atoms with Gasteiger partial charge in [-0.1, -0.05) is 17.7 Å². The van der Waals surface area contributed by atoms with Crippen molar-refractivity contribution in [3.8, 4) is 0 Å². The van der Waals surface area contributed by atoms with Gasteiger partial charge in [-0.15, -0.1) is 0 Å². The van der Waals surface area contributed by atoms with Crippen molar-refractivity contribution < 1.29 is 18.4 Å². The zero-order chi connectivity index (χ0) is 24.4. The molecule has 34 heavy (non-hydrogen) atoms. The average Bonchev–Trinajstić information content (AvgIpc) is 2.78. The number of urea groups is 1. The van der Waals surface area contributed by atoms with Gasteiger partial charge in [0.2, 0.25) is 0 Å². The van der Waals surface area contributed by atoms with Crippen LogP contribution in [0.2, 0.25) is 0 Å². The second kappa shape index (κ2) is 9.63. The number of amides is 3. The summed E-state index contributed by atoms with van der Waals surface area (Å²) in [6.45, 7) is 8.08. The first-order valence-corrected chi connectivity index (χ1v) is 11.2. The normalized spacial score (nSPS) is 13.9. The Morgan fingerprint density at radius 3 is 2.26 bits per heavy atom. The molecule has 4 rings (SSSR count). The molecule has 0 aromatic heterocycles. The summed E-state index contributed by atoms with van der Waals surface area (Å²) in [4.78, 5) is 29.2. The van der Waals surface area contributed by atoms with Crippen LogP contribution in [-0.2, 0) is 6.54 Å². The van der Waals surface area contributed by atoms with Crippen LogP contribution in [0.1, 0.15) is 39.0 Å². The van der Waals surface area contributed by atoms with Gasteiger partial charge in [-0.05, 0) is 80.3 Å². The molecule has 0 atom stereocenters. The number of benzene rings is 3. The fraction of sp³-hybridized carbons (Fsp3) is 0.259. The van der Waals surface area contributed by atoms with Crippen LogP contribution in [0.4, 0.5) is 25.0 Å². The predicted octanol–water partition coefficient (Wildman–Crippen LogP) is 5.97. The third-order valence-electron chi connectivity index (χ3n) is 6.11. The van der Waals surface area contributed by atoms with E-state index in [0.717, 1.165) is 24.2 Å². The molecule has 5 nitrogen and oxygen atoms in total. The molecule has 1 fully saturated rings. The largest absolute Gasteiger partial charge is 0.324 e. The van der Waals surface area contributed by atoms with Gasteiger partial charge >= 0.3 is 6.03 Å². The summed E-state index contributed by atoms with van der Waals surface area (Å²) in [5.41, 5.74) is 5.67. The number of nitrogens with zero attached hydrogens (tertiary/aromatic N) is 2. The fourth-order valence-corrected chi connectivity index (χ4v) is 4.41. The highest BCUT2D eigenvalue weighted by Gasteiger charge is 2.27. The Bertz CT molecular complexity index is 1220. The number of carbonyl (C=O) groups is 2. The SMILES string of the molecule is Cc1cc(C)c(CN2CCCN(c3ccc(NC(=O)c4ccc(F)cc4F)cc3)C2=O)c(C)c1. The van der Waals surface area contributed by atoms with Crippen molar-refractivity contribution in [2.75, 3.05) is 23.3 Å². The lowest BCUT2D eigenvalue weighted by Crippen LogP contribution is -2.49. The number of carbonyl (C=O) groups excluding carboxylic acids is 2. The summed E-state index contributed by atoms with van der Waals surface area (Å²) in [5, 5.41) is 2.60. The minimum Gasteiger partial charge on any atom is -0.322 e. The topological polar surface area (TPSA) is 52.6 Å². The van der Waals surface area contributed by atoms with Gasteiger partial charge < -0.3 is 10.2 Å². The van der Waals surface area contributed by atoms with Crippen LogP contribution in [0.5, 0.6) is 0 Å². The predicted molar refractivity (Wildman–Crippen MR) is 129 cm³/mol. The molecule has 1 heterocycles. The van der Waals surface area contributed by atoms with Gasteiger partial charge in [0.15, 0.2) is 0 Å². The highest BCUT2D eigenvalue weighted by molar-refractivity contribution is 6.04. The first kappa shape index (κ1) is 23.4. The molecule has 0 radical (unpaired) electrons. The first-order chi connectivity index (χ1) is 16.2. The molecule has 3 amide bonds. The molecule has 1 aliphatic rings. The van der Waals surface area contributed by atoms with Gasteiger partial charge in [0, 0.05) is 37.1 Å². The molecule has 1 N–H and O–H groups in total. The Labute approximate surface area is 198 Å². The fourth-order valence-electron chi connectivity index (χ4n) is 4.41. The molecule has 1 saturated heterocycles. The van der Waals surface area contributed by atoms with Crippen molar-refractivity contribution in [1.82, 2.24) is 4.90 Å². The van der Waals surface area contributed by atoms with Crippen molar-refractivity contribution in [3.05, 3.63) is 94.0 Å². The summed E-state index contributed by atoms with van der Waals surface area (Å²) in [6.07, 6.45) is 0.845. The van der Waals surface area contributed by atoms with E-state index in [1.165, 1.54) is 22.3 Å². The van der Waals surface area contributed by atoms with Crippen molar-refractivity contribution in [2.24, 2.45) is 0 Å². The van der Waals surface area contributed by atoms with Gasteiger partial charge in [0.1, 0.15) is 11.6 Å². The standard InChI is InChI=1S/C27H27F2N3O2/c1-17-13-18(2)24(19(3)14-17)16-31-11-4-12-32(27(31)34)22-8-6-21(7-9-22)30-26(33)23-10-5-20(28)15-25(23)29/h5-10,13-15H,4,11-12,16H2,1-3H3,(H,30,33). The molecule has 3 aromatic carbocycles. The van der Waals surface area contributed by atoms with Gasteiger partial charge in [-0.25, -0.2) is 13.6 Å². The summed E-state index contributed by atoms with van der Waals surface area (Å²) in [5.74, 6) is -2.34. The Morgan fingerprint density at radius 1 is 0.941 bits per heavy atom. The second-order valence-corrected chi connectivity index (χ2v) is 8.71. The van der Waals surface area contributed by atoms with E-state index in [4.69, 9.17) is 0 Å². The highest BCUT2D eigenvalue weighted by atomic mass is 19.1. The molecular weight excluding hydrogens is 436 g/mol. The maximum absolute atomic E-state index is 13.9. The van der Waals surface area contributed by atoms with Crippen LogP contribution in [0, 0.1) is 32.4 Å². The van der Waals surface area contributed by atoms with E-state index >= 15 is 0 Å². The Balaban J connectivity index is 1.46. The molecule has 0 spiro atoms. The lowest BCUT2D eigenvalue weighted by Gasteiger charge is -2.36. The van der Waals surface area contributed by atoms with Gasteiger partial charge in [-0.3, -0.25) is 9.69 Å². The van der Waals surface area contributed by atoms with Gasteiger partial charge in [0.05, 0.1) is 5.56 Å². The van der Waals surface area contributed by atoms with E-state index in [1.807, 2.05) is 4.90 Å². The first-order valence-electron chi connectivity index (χ1n) is 11.2. The Morgan fingerprint density at radius 2 is 1.62 bits per heavy atom. The van der Waals surface area contributed by atoms with E-state index < -0.39 is 17.5 Å². The van der Waals surface area contributed by atoms with Crippen molar-refractivity contribution in [2.45, 2.75) is 33.7 Å². The Hall–Kier alpha value is -3.74. The number of rotatable bonds is 5. The van der Waals surface area contributed by atoms with Gasteiger partial charge in [0.25, 0.3) is 5.91 Å². The summed E-state index contributed by atoms with van der Waals surface area (Å²) < 4.78 is 27.0. The molecule has 0 saturated carbocycles. The van der Waals surface area contributed by atoms with Crippen molar-refractivity contribution >= 4 is 23.3 Å². The third kappa shape index (κ3) is 4.93. The number of hydrogen-bond acceptors (Lipinski definition) is 2. The molecule has 0 unspecified atom stereocenters. The quantitative estimate of drug-likeness (QED) is 0.507. The zero-order valence-electron chi connectivity index (χ0n) is 19.5. The molecule has 0 aliphatic carbocycles. The molecule has 1 aliphatic heterocycles. The van der Waals surface area contributed by atoms with Crippen LogP contribution in [0.25, 0.3) is 0 Å². The second-order valence-electron chi connectivity index (χ2n) is 8.71. The van der Waals surface area contributed by atoms with Crippen molar-refractivity contribution in [3.63, 3.8) is 0 Å². The summed E-state index contributed by atoms with van der Waals surface area (Å²) in [7, 11) is 0. The van der Waals surface area contributed by atoms with E-state index in [-0.39, 0.29) is 11.6 Å². The van der Waals surface area contributed by atoms with Crippen LogP contribution in [0.15, 0.2) is 54.6 Å². The third-order valence-corrected chi connectivity index (χ3v) is 6.11. The summed E-state index contributed by atoms with van der Waals surface area (Å²) in [6, 6.07) is 13.9. The molecule has 176 valence electrons. The minimum absolute atomic E-state index is 0.0595. The number of anilines is 2. The van der Waals surface area contributed by atoms with E-state index in [2.05, 4.69) is 38.2 Å². The number of halogens is 2. The minimum atomic E-state index is -0.924. The summed E-state index contributed by atoms with van der Waals surface area (Å²) >= 11 is 0. The van der Waals surface area contributed by atoms with E-state index in [1.54, 1.807) is 29.2 Å². The zero-order valence-corrected chi connectivity index (χ0v) is 19.5. The molecule has 0 bridgehead atoms. The number of nitrogens with one attached hydrogen (secondary N) is 1. The molecule has 7 heteroatoms. The maximum atomic E-state index is 13.9. The number of hydrogen-bond donors (Lipinski definition) is 1. The van der Waals surface area contributed by atoms with Gasteiger partial charge in [-0.2, -0.15) is 0 Å². The maximum Gasteiger partial charge on any atom is 0.324 e. The van der Waals surface area contributed by atoms with E-state index in [9.17, 15) is 18.4 Å². The van der Waals surface area contributed by atoms with Crippen LogP contribution >= 0.6 is 0 Å². The van der Waals surface area contributed by atoms with Crippen LogP contribution in [0.3, 0.4) is 0 Å². The lowest BCUT2D eigenvalue weighted by atomic mass is 9.99. The Kier molecular flexibility index (Phi) is 6.63. The van der Waals surface area contributed by atoms with Crippen molar-refractivity contribution in [1.29, 1.82) is 0 Å². The smallest absolute Gasteiger partial charge is 0.322 e. The van der Waals surface area contributed by atoms with E-state index in [0.29, 0.717) is 31.4 Å². The number of aryl methyl sites for hydroxylation is 3. The monoisotopic (exact) mass is 463 g/mol. The lowest BCUT2D eigenvalue weighted by molar-refractivity contribution is 0.102. The average molecular weight is 464 g/mol. The highest BCUT2D eigenvalue weighted by Crippen LogP contribution is 2.25. The van der Waals surface area contributed by atoms with Crippen LogP contribution < -0.4 is 10.2 Å². The molecular formula is C27H27F2N3O2.